The van der Waals surface area contributed by atoms with Gasteiger partial charge in [0.25, 0.3) is 0 Å². The molecule has 1 unspecified atom stereocenters. The zero-order valence-corrected chi connectivity index (χ0v) is 9.72. The lowest BCUT2D eigenvalue weighted by Crippen LogP contribution is -2.47. The lowest BCUT2D eigenvalue weighted by Gasteiger charge is -2.23. The number of nitrogens with one attached hydrogen (secondary N) is 2. The quantitative estimate of drug-likeness (QED) is 0.786. The lowest BCUT2D eigenvalue weighted by atomic mass is 10.1. The van der Waals surface area contributed by atoms with Gasteiger partial charge in [0.1, 0.15) is 17.7 Å². The number of piperidine rings is 1. The summed E-state index contributed by atoms with van der Waals surface area (Å²) in [6, 6.07) is 1.61. The van der Waals surface area contributed by atoms with Crippen molar-refractivity contribution in [2.24, 2.45) is 0 Å². The Bertz CT molecular complexity index is 494. The van der Waals surface area contributed by atoms with Gasteiger partial charge >= 0.3 is 0 Å². The summed E-state index contributed by atoms with van der Waals surface area (Å²) in [6.07, 6.45) is 0.516. The number of hydrogen-bond donors (Lipinski definition) is 2. The van der Waals surface area contributed by atoms with Crippen LogP contribution in [0.5, 0.6) is 0 Å². The molecule has 1 aromatic carbocycles. The molecule has 1 aliphatic rings. The smallest absolute Gasteiger partial charge is 0.249 e. The molecule has 0 radical (unpaired) electrons. The molecular formula is C12H12F2N2O2. The second kappa shape index (κ2) is 4.72. The minimum atomic E-state index is -0.676. The monoisotopic (exact) mass is 254 g/mol. The van der Waals surface area contributed by atoms with Crippen LogP contribution in [0.3, 0.4) is 0 Å². The maximum absolute atomic E-state index is 13.3. The van der Waals surface area contributed by atoms with Gasteiger partial charge in [0.05, 0.1) is 0 Å². The Kier molecular flexibility index (Phi) is 3.27. The summed E-state index contributed by atoms with van der Waals surface area (Å²) in [5, 5.41) is 4.88. The molecule has 1 heterocycles. The number of imide groups is 1. The van der Waals surface area contributed by atoms with Crippen LogP contribution in [0.15, 0.2) is 12.1 Å². The molecule has 96 valence electrons. The summed E-state index contributed by atoms with van der Waals surface area (Å²) >= 11 is 0. The fraction of sp³-hybridized carbons (Fsp3) is 0.333. The first-order chi connectivity index (χ1) is 8.47. The van der Waals surface area contributed by atoms with Crippen LogP contribution in [0.1, 0.15) is 18.4 Å². The third-order valence-corrected chi connectivity index (χ3v) is 2.86. The fourth-order valence-electron chi connectivity index (χ4n) is 1.76. The normalized spacial score (nSPS) is 19.6. The Morgan fingerprint density at radius 2 is 1.89 bits per heavy atom. The summed E-state index contributed by atoms with van der Waals surface area (Å²) in [6.45, 7) is 1.33. The van der Waals surface area contributed by atoms with E-state index < -0.39 is 23.6 Å². The van der Waals surface area contributed by atoms with Gasteiger partial charge in [-0.25, -0.2) is 8.78 Å². The van der Waals surface area contributed by atoms with Gasteiger partial charge in [0, 0.05) is 17.7 Å². The number of amides is 2. The average Bonchev–Trinajstić information content (AvgIpc) is 2.29. The first-order valence-electron chi connectivity index (χ1n) is 5.53. The molecule has 1 atom stereocenters. The van der Waals surface area contributed by atoms with Crippen LogP contribution in [0.4, 0.5) is 14.5 Å². The van der Waals surface area contributed by atoms with Gasteiger partial charge in [0.15, 0.2) is 0 Å². The third kappa shape index (κ3) is 2.47. The van der Waals surface area contributed by atoms with Crippen molar-refractivity contribution in [2.75, 3.05) is 5.32 Å². The predicted molar refractivity (Wildman–Crippen MR) is 60.9 cm³/mol. The third-order valence-electron chi connectivity index (χ3n) is 2.86. The zero-order valence-electron chi connectivity index (χ0n) is 9.72. The van der Waals surface area contributed by atoms with Crippen LogP contribution in [0.2, 0.25) is 0 Å². The number of carbonyl (C=O) groups is 2. The van der Waals surface area contributed by atoms with Gasteiger partial charge in [-0.15, -0.1) is 0 Å². The largest absolute Gasteiger partial charge is 0.373 e. The van der Waals surface area contributed by atoms with E-state index >= 15 is 0 Å². The number of anilines is 1. The molecule has 2 amide bonds. The van der Waals surface area contributed by atoms with E-state index in [1.807, 2.05) is 0 Å². The van der Waals surface area contributed by atoms with E-state index in [2.05, 4.69) is 10.6 Å². The molecule has 2 rings (SSSR count). The average molecular weight is 254 g/mol. The second-order valence-corrected chi connectivity index (χ2v) is 4.21. The summed E-state index contributed by atoms with van der Waals surface area (Å²) in [5.41, 5.74) is 0.119. The number of halogens is 2. The Labute approximate surface area is 102 Å². The maximum Gasteiger partial charge on any atom is 0.249 e. The molecule has 4 nitrogen and oxygen atoms in total. The van der Waals surface area contributed by atoms with Crippen molar-refractivity contribution in [3.05, 3.63) is 29.3 Å². The van der Waals surface area contributed by atoms with Crippen LogP contribution < -0.4 is 10.6 Å². The van der Waals surface area contributed by atoms with Crippen LogP contribution in [-0.2, 0) is 9.59 Å². The number of carbonyl (C=O) groups excluding carboxylic acids is 2. The number of rotatable bonds is 2. The van der Waals surface area contributed by atoms with Gasteiger partial charge in [-0.05, 0) is 25.5 Å². The van der Waals surface area contributed by atoms with Crippen LogP contribution in [-0.4, -0.2) is 17.9 Å². The Morgan fingerprint density at radius 3 is 2.44 bits per heavy atom. The highest BCUT2D eigenvalue weighted by molar-refractivity contribution is 6.01. The highest BCUT2D eigenvalue weighted by Crippen LogP contribution is 2.20. The fourth-order valence-corrected chi connectivity index (χ4v) is 1.76. The summed E-state index contributed by atoms with van der Waals surface area (Å²) in [5.74, 6) is -2.17. The van der Waals surface area contributed by atoms with Gasteiger partial charge in [-0.2, -0.15) is 0 Å². The lowest BCUT2D eigenvalue weighted by molar-refractivity contribution is -0.133. The Balaban J connectivity index is 2.14. The molecule has 18 heavy (non-hydrogen) atoms. The number of hydrogen-bond acceptors (Lipinski definition) is 3. The Hall–Kier alpha value is -1.98. The van der Waals surface area contributed by atoms with Crippen LogP contribution >= 0.6 is 0 Å². The van der Waals surface area contributed by atoms with E-state index in [0.717, 1.165) is 12.1 Å². The summed E-state index contributed by atoms with van der Waals surface area (Å²) in [4.78, 5) is 22.4. The Morgan fingerprint density at radius 1 is 1.28 bits per heavy atom. The molecular weight excluding hydrogens is 242 g/mol. The summed E-state index contributed by atoms with van der Waals surface area (Å²) in [7, 11) is 0. The van der Waals surface area contributed by atoms with Crippen molar-refractivity contribution in [2.45, 2.75) is 25.8 Å². The van der Waals surface area contributed by atoms with Crippen LogP contribution in [0.25, 0.3) is 0 Å². The van der Waals surface area contributed by atoms with E-state index in [-0.39, 0.29) is 23.6 Å². The highest BCUT2D eigenvalue weighted by Gasteiger charge is 2.26. The van der Waals surface area contributed by atoms with Crippen molar-refractivity contribution in [1.29, 1.82) is 0 Å². The molecule has 1 fully saturated rings. The minimum absolute atomic E-state index is 0.0659. The van der Waals surface area contributed by atoms with E-state index in [1.165, 1.54) is 6.92 Å². The number of benzene rings is 1. The van der Waals surface area contributed by atoms with Gasteiger partial charge in [0.2, 0.25) is 11.8 Å². The van der Waals surface area contributed by atoms with Crippen LogP contribution in [0, 0.1) is 18.6 Å². The first-order valence-corrected chi connectivity index (χ1v) is 5.53. The first kappa shape index (κ1) is 12.5. The van der Waals surface area contributed by atoms with E-state index in [4.69, 9.17) is 0 Å². The highest BCUT2D eigenvalue weighted by atomic mass is 19.1. The molecule has 0 bridgehead atoms. The molecule has 6 heteroatoms. The molecule has 1 aliphatic heterocycles. The predicted octanol–water partition coefficient (Wildman–Crippen LogP) is 1.49. The molecule has 0 aliphatic carbocycles. The van der Waals surface area contributed by atoms with Crippen molar-refractivity contribution in [3.63, 3.8) is 0 Å². The van der Waals surface area contributed by atoms with Crippen molar-refractivity contribution in [3.8, 4) is 0 Å². The minimum Gasteiger partial charge on any atom is -0.373 e. The zero-order chi connectivity index (χ0) is 13.3. The maximum atomic E-state index is 13.3. The van der Waals surface area contributed by atoms with E-state index in [9.17, 15) is 18.4 Å². The molecule has 2 N–H and O–H groups in total. The van der Waals surface area contributed by atoms with Gasteiger partial charge < -0.3 is 5.32 Å². The SMILES string of the molecule is Cc1c(F)cc(NC2CCC(=O)NC2=O)cc1F. The molecule has 1 aromatic rings. The standard InChI is InChI=1S/C12H12F2N2O2/c1-6-8(13)4-7(5-9(6)14)15-10-2-3-11(17)16-12(10)18/h4-5,10,15H,2-3H2,1H3,(H,16,17,18). The molecule has 0 aromatic heterocycles. The van der Waals surface area contributed by atoms with Crippen molar-refractivity contribution >= 4 is 17.5 Å². The second-order valence-electron chi connectivity index (χ2n) is 4.21. The molecule has 1 saturated heterocycles. The molecule has 0 spiro atoms. The van der Waals surface area contributed by atoms with E-state index in [1.54, 1.807) is 0 Å². The summed E-state index contributed by atoms with van der Waals surface area (Å²) < 4.78 is 26.6. The van der Waals surface area contributed by atoms with Gasteiger partial charge in [-0.3, -0.25) is 14.9 Å². The molecule has 0 saturated carbocycles. The van der Waals surface area contributed by atoms with Crippen molar-refractivity contribution < 1.29 is 18.4 Å². The van der Waals surface area contributed by atoms with Gasteiger partial charge in [-0.1, -0.05) is 0 Å². The van der Waals surface area contributed by atoms with E-state index in [0.29, 0.717) is 6.42 Å². The van der Waals surface area contributed by atoms with Crippen molar-refractivity contribution in [1.82, 2.24) is 5.32 Å². The topological polar surface area (TPSA) is 58.2 Å².